The fraction of sp³-hybridized carbons (Fsp3) is 0.231. The largest absolute Gasteiger partial charge is 0.361 e. The molecule has 0 saturated carbocycles. The highest BCUT2D eigenvalue weighted by atomic mass is 14.7. The molecule has 0 saturated heterocycles. The summed E-state index contributed by atoms with van der Waals surface area (Å²) in [6.45, 7) is 6.01. The Labute approximate surface area is 84.5 Å². The molecule has 1 heteroatoms. The summed E-state index contributed by atoms with van der Waals surface area (Å²) < 4.78 is 0. The summed E-state index contributed by atoms with van der Waals surface area (Å²) in [7, 11) is 0. The van der Waals surface area contributed by atoms with Crippen molar-refractivity contribution in [3.05, 3.63) is 48.2 Å². The molecule has 14 heavy (non-hydrogen) atoms. The van der Waals surface area contributed by atoms with Crippen molar-refractivity contribution >= 4 is 10.9 Å². The third kappa shape index (κ3) is 1.72. The third-order valence-electron chi connectivity index (χ3n) is 2.49. The van der Waals surface area contributed by atoms with Crippen LogP contribution < -0.4 is 0 Å². The monoisotopic (exact) mass is 185 g/mol. The van der Waals surface area contributed by atoms with E-state index in [2.05, 4.69) is 42.8 Å². The van der Waals surface area contributed by atoms with Crippen LogP contribution in [-0.2, 0) is 6.42 Å². The SMILES string of the molecule is C=C(C)CCc1cccc2cc[nH]c12. The molecule has 1 aromatic heterocycles. The summed E-state index contributed by atoms with van der Waals surface area (Å²) in [5.41, 5.74) is 3.90. The number of benzene rings is 1. The topological polar surface area (TPSA) is 15.8 Å². The minimum Gasteiger partial charge on any atom is -0.361 e. The number of aromatic nitrogens is 1. The highest BCUT2D eigenvalue weighted by molar-refractivity contribution is 5.82. The second-order valence-electron chi connectivity index (χ2n) is 3.82. The van der Waals surface area contributed by atoms with Gasteiger partial charge >= 0.3 is 0 Å². The van der Waals surface area contributed by atoms with Gasteiger partial charge in [0.05, 0.1) is 0 Å². The Balaban J connectivity index is 2.32. The third-order valence-corrected chi connectivity index (χ3v) is 2.49. The fourth-order valence-corrected chi connectivity index (χ4v) is 1.71. The lowest BCUT2D eigenvalue weighted by Crippen LogP contribution is -1.87. The van der Waals surface area contributed by atoms with Crippen molar-refractivity contribution in [1.82, 2.24) is 4.98 Å². The Morgan fingerprint density at radius 1 is 1.36 bits per heavy atom. The van der Waals surface area contributed by atoms with Crippen molar-refractivity contribution in [1.29, 1.82) is 0 Å². The molecule has 2 rings (SSSR count). The molecule has 0 radical (unpaired) electrons. The number of aromatic amines is 1. The number of rotatable bonds is 3. The summed E-state index contributed by atoms with van der Waals surface area (Å²) in [6.07, 6.45) is 4.14. The number of hydrogen-bond acceptors (Lipinski definition) is 0. The van der Waals surface area contributed by atoms with Crippen molar-refractivity contribution in [2.24, 2.45) is 0 Å². The lowest BCUT2D eigenvalue weighted by atomic mass is 10.0. The highest BCUT2D eigenvalue weighted by Gasteiger charge is 2.00. The number of fused-ring (bicyclic) bond motifs is 1. The van der Waals surface area contributed by atoms with Crippen molar-refractivity contribution in [3.8, 4) is 0 Å². The minimum atomic E-state index is 1.07. The maximum absolute atomic E-state index is 3.93. The van der Waals surface area contributed by atoms with Crippen molar-refractivity contribution in [3.63, 3.8) is 0 Å². The van der Waals surface area contributed by atoms with Gasteiger partial charge in [-0.25, -0.2) is 0 Å². The van der Waals surface area contributed by atoms with Gasteiger partial charge in [-0.1, -0.05) is 23.8 Å². The molecule has 1 aromatic carbocycles. The Bertz CT molecular complexity index is 451. The van der Waals surface area contributed by atoms with Gasteiger partial charge in [0, 0.05) is 11.7 Å². The fourth-order valence-electron chi connectivity index (χ4n) is 1.71. The second-order valence-corrected chi connectivity index (χ2v) is 3.82. The van der Waals surface area contributed by atoms with Crippen LogP contribution in [-0.4, -0.2) is 4.98 Å². The first-order valence-corrected chi connectivity index (χ1v) is 4.97. The Morgan fingerprint density at radius 3 is 3.00 bits per heavy atom. The van der Waals surface area contributed by atoms with E-state index in [9.17, 15) is 0 Å². The normalized spacial score (nSPS) is 10.6. The summed E-state index contributed by atoms with van der Waals surface area (Å²) >= 11 is 0. The van der Waals surface area contributed by atoms with Crippen LogP contribution in [0.4, 0.5) is 0 Å². The van der Waals surface area contributed by atoms with Crippen LogP contribution in [0.3, 0.4) is 0 Å². The second kappa shape index (κ2) is 3.70. The summed E-state index contributed by atoms with van der Waals surface area (Å²) in [6, 6.07) is 8.54. The number of aryl methyl sites for hydroxylation is 1. The van der Waals surface area contributed by atoms with Crippen molar-refractivity contribution in [2.75, 3.05) is 0 Å². The number of allylic oxidation sites excluding steroid dienone is 1. The lowest BCUT2D eigenvalue weighted by Gasteiger charge is -2.02. The van der Waals surface area contributed by atoms with Crippen LogP contribution in [0.5, 0.6) is 0 Å². The van der Waals surface area contributed by atoms with Gasteiger partial charge < -0.3 is 4.98 Å². The minimum absolute atomic E-state index is 1.07. The van der Waals surface area contributed by atoms with Gasteiger partial charge in [-0.15, -0.1) is 6.58 Å². The van der Waals surface area contributed by atoms with Crippen LogP contribution in [0.25, 0.3) is 10.9 Å². The molecule has 0 spiro atoms. The summed E-state index contributed by atoms with van der Waals surface area (Å²) in [5.74, 6) is 0. The molecule has 72 valence electrons. The van der Waals surface area contributed by atoms with E-state index >= 15 is 0 Å². The predicted molar refractivity (Wildman–Crippen MR) is 61.4 cm³/mol. The molecule has 1 heterocycles. The van der Waals surface area contributed by atoms with Gasteiger partial charge in [0.15, 0.2) is 0 Å². The molecule has 0 bridgehead atoms. The van der Waals surface area contributed by atoms with Crippen LogP contribution in [0.2, 0.25) is 0 Å². The Hall–Kier alpha value is -1.50. The molecule has 0 fully saturated rings. The van der Waals surface area contributed by atoms with Gasteiger partial charge in [0.1, 0.15) is 0 Å². The average Bonchev–Trinajstić information content (AvgIpc) is 2.62. The predicted octanol–water partition coefficient (Wildman–Crippen LogP) is 3.68. The molecular weight excluding hydrogens is 170 g/mol. The zero-order chi connectivity index (χ0) is 9.97. The molecule has 0 aliphatic carbocycles. The van der Waals surface area contributed by atoms with E-state index in [1.165, 1.54) is 22.0 Å². The Morgan fingerprint density at radius 2 is 2.21 bits per heavy atom. The van der Waals surface area contributed by atoms with Crippen LogP contribution in [0.1, 0.15) is 18.9 Å². The van der Waals surface area contributed by atoms with Gasteiger partial charge in [0.25, 0.3) is 0 Å². The molecule has 0 amide bonds. The smallest absolute Gasteiger partial charge is 0.0486 e. The standard InChI is InChI=1S/C13H15N/c1-10(2)6-7-11-4-3-5-12-8-9-14-13(11)12/h3-5,8-9,14H,1,6-7H2,2H3. The van der Waals surface area contributed by atoms with Gasteiger partial charge in [-0.05, 0) is 36.8 Å². The van der Waals surface area contributed by atoms with E-state index in [1.807, 2.05) is 6.20 Å². The van der Waals surface area contributed by atoms with Gasteiger partial charge in [-0.3, -0.25) is 0 Å². The first-order valence-electron chi connectivity index (χ1n) is 4.97. The molecule has 1 nitrogen and oxygen atoms in total. The van der Waals surface area contributed by atoms with E-state index < -0.39 is 0 Å². The van der Waals surface area contributed by atoms with Gasteiger partial charge in [-0.2, -0.15) is 0 Å². The lowest BCUT2D eigenvalue weighted by molar-refractivity contribution is 0.951. The Kier molecular flexibility index (Phi) is 2.40. The van der Waals surface area contributed by atoms with Crippen molar-refractivity contribution in [2.45, 2.75) is 19.8 Å². The van der Waals surface area contributed by atoms with Crippen LogP contribution in [0.15, 0.2) is 42.6 Å². The number of H-pyrrole nitrogens is 1. The van der Waals surface area contributed by atoms with Crippen LogP contribution in [0, 0.1) is 0 Å². The number of para-hydroxylation sites is 1. The zero-order valence-electron chi connectivity index (χ0n) is 8.51. The summed E-state index contributed by atoms with van der Waals surface area (Å²) in [5, 5.41) is 1.30. The van der Waals surface area contributed by atoms with E-state index in [-0.39, 0.29) is 0 Å². The first kappa shape index (κ1) is 9.07. The first-order chi connectivity index (χ1) is 6.77. The number of hydrogen-bond donors (Lipinski definition) is 1. The molecule has 0 unspecified atom stereocenters. The highest BCUT2D eigenvalue weighted by Crippen LogP contribution is 2.19. The van der Waals surface area contributed by atoms with Crippen molar-refractivity contribution < 1.29 is 0 Å². The maximum Gasteiger partial charge on any atom is 0.0486 e. The quantitative estimate of drug-likeness (QED) is 0.702. The van der Waals surface area contributed by atoms with E-state index in [0.29, 0.717) is 0 Å². The van der Waals surface area contributed by atoms with E-state index in [0.717, 1.165) is 12.8 Å². The van der Waals surface area contributed by atoms with Crippen LogP contribution >= 0.6 is 0 Å². The van der Waals surface area contributed by atoms with E-state index in [4.69, 9.17) is 0 Å². The van der Waals surface area contributed by atoms with E-state index in [1.54, 1.807) is 0 Å². The zero-order valence-corrected chi connectivity index (χ0v) is 8.51. The molecule has 0 aliphatic rings. The molecule has 2 aromatic rings. The average molecular weight is 185 g/mol. The maximum atomic E-state index is 3.93. The molecule has 1 N–H and O–H groups in total. The molecular formula is C13H15N. The molecule has 0 aliphatic heterocycles. The summed E-state index contributed by atoms with van der Waals surface area (Å²) in [4.78, 5) is 3.28. The number of nitrogens with one attached hydrogen (secondary N) is 1. The van der Waals surface area contributed by atoms with Gasteiger partial charge in [0.2, 0.25) is 0 Å². The molecule has 0 atom stereocenters.